The molecule has 0 N–H and O–H groups in total. The predicted octanol–water partition coefficient (Wildman–Crippen LogP) is 1.30. The highest BCUT2D eigenvalue weighted by atomic mass is 16.5. The number of carbonyl (C=O) groups excluding carboxylic acids is 1. The highest BCUT2D eigenvalue weighted by Crippen LogP contribution is 2.26. The van der Waals surface area contributed by atoms with E-state index in [0.717, 1.165) is 5.82 Å². The summed E-state index contributed by atoms with van der Waals surface area (Å²) in [5.41, 5.74) is 0.0979. The lowest BCUT2D eigenvalue weighted by Gasteiger charge is -2.35. The van der Waals surface area contributed by atoms with E-state index in [1.165, 1.54) is 4.68 Å². The second-order valence-corrected chi connectivity index (χ2v) is 6.63. The molecule has 1 fully saturated rings. The van der Waals surface area contributed by atoms with Crippen molar-refractivity contribution < 1.29 is 9.53 Å². The fraction of sp³-hybridized carbons (Fsp3) is 0.300. The summed E-state index contributed by atoms with van der Waals surface area (Å²) in [4.78, 5) is 33.7. The zero-order chi connectivity index (χ0) is 19.7. The molecule has 1 saturated heterocycles. The van der Waals surface area contributed by atoms with Gasteiger partial charge in [0.2, 0.25) is 0 Å². The lowest BCUT2D eigenvalue weighted by molar-refractivity contribution is 0.0740. The monoisotopic (exact) mass is 379 g/mol. The van der Waals surface area contributed by atoms with Crippen molar-refractivity contribution in [2.75, 3.05) is 38.2 Å². The number of fused-ring (bicyclic) bond motifs is 1. The zero-order valence-corrected chi connectivity index (χ0v) is 15.8. The zero-order valence-electron chi connectivity index (χ0n) is 15.8. The van der Waals surface area contributed by atoms with Crippen LogP contribution >= 0.6 is 0 Å². The van der Waals surface area contributed by atoms with E-state index in [-0.39, 0.29) is 11.5 Å². The molecule has 0 spiro atoms. The van der Waals surface area contributed by atoms with Crippen molar-refractivity contribution in [2.24, 2.45) is 7.05 Å². The molecule has 2 aromatic heterocycles. The number of aryl methyl sites for hydroxylation is 1. The topological polar surface area (TPSA) is 80.6 Å². The summed E-state index contributed by atoms with van der Waals surface area (Å²) >= 11 is 0. The summed E-state index contributed by atoms with van der Waals surface area (Å²) in [7, 11) is 3.19. The number of rotatable bonds is 3. The van der Waals surface area contributed by atoms with E-state index in [2.05, 4.69) is 15.0 Å². The van der Waals surface area contributed by atoms with Gasteiger partial charge < -0.3 is 14.5 Å². The lowest BCUT2D eigenvalue weighted by Crippen LogP contribution is -2.49. The Labute approximate surface area is 162 Å². The summed E-state index contributed by atoms with van der Waals surface area (Å²) in [5.74, 6) is 1.33. The Morgan fingerprint density at radius 2 is 1.75 bits per heavy atom. The van der Waals surface area contributed by atoms with Gasteiger partial charge in [-0.3, -0.25) is 9.59 Å². The number of aromatic nitrogens is 3. The first kappa shape index (κ1) is 18.0. The van der Waals surface area contributed by atoms with Crippen LogP contribution in [0.15, 0.2) is 47.4 Å². The van der Waals surface area contributed by atoms with Gasteiger partial charge in [-0.15, -0.1) is 0 Å². The van der Waals surface area contributed by atoms with E-state index >= 15 is 0 Å². The molecule has 0 unspecified atom stereocenters. The van der Waals surface area contributed by atoms with Crippen LogP contribution in [0.2, 0.25) is 0 Å². The number of anilines is 1. The van der Waals surface area contributed by atoms with Gasteiger partial charge in [-0.05, 0) is 18.2 Å². The lowest BCUT2D eigenvalue weighted by atomic mass is 10.1. The smallest absolute Gasteiger partial charge is 0.275 e. The predicted molar refractivity (Wildman–Crippen MR) is 106 cm³/mol. The van der Waals surface area contributed by atoms with Crippen molar-refractivity contribution in [3.8, 4) is 5.75 Å². The van der Waals surface area contributed by atoms with Crippen LogP contribution in [0.5, 0.6) is 5.75 Å². The summed E-state index contributed by atoms with van der Waals surface area (Å²) in [5, 5.41) is 5.34. The Balaban J connectivity index is 1.58. The highest BCUT2D eigenvalue weighted by Gasteiger charge is 2.27. The molecule has 0 radical (unpaired) electrons. The number of pyridine rings is 1. The van der Waals surface area contributed by atoms with Crippen molar-refractivity contribution in [2.45, 2.75) is 0 Å². The molecular weight excluding hydrogens is 358 g/mol. The average molecular weight is 379 g/mol. The second-order valence-electron chi connectivity index (χ2n) is 6.63. The number of piperazine rings is 1. The molecule has 1 aromatic carbocycles. The molecule has 0 atom stereocenters. The summed E-state index contributed by atoms with van der Waals surface area (Å²) in [6.07, 6.45) is 1.73. The molecule has 1 aliphatic heterocycles. The molecule has 144 valence electrons. The van der Waals surface area contributed by atoms with Crippen LogP contribution in [-0.2, 0) is 7.05 Å². The van der Waals surface area contributed by atoms with Gasteiger partial charge >= 0.3 is 0 Å². The standard InChI is InChI=1S/C20H21N5O3/c1-23-19(26)15-7-4-3-6-14(15)17(22-23)20(27)25-12-10-24(11-13-25)18-16(28-2)8-5-9-21-18/h3-9H,10-13H2,1-2H3. The quantitative estimate of drug-likeness (QED) is 0.682. The van der Waals surface area contributed by atoms with Crippen LogP contribution < -0.4 is 15.2 Å². The third kappa shape index (κ3) is 3.06. The summed E-state index contributed by atoms with van der Waals surface area (Å²) in [6, 6.07) is 10.8. The Kier molecular flexibility index (Phi) is 4.68. The van der Waals surface area contributed by atoms with Crippen LogP contribution in [0.3, 0.4) is 0 Å². The largest absolute Gasteiger partial charge is 0.493 e. The Bertz CT molecular complexity index is 1090. The van der Waals surface area contributed by atoms with Crippen molar-refractivity contribution in [1.82, 2.24) is 19.7 Å². The van der Waals surface area contributed by atoms with Gasteiger partial charge in [0, 0.05) is 44.8 Å². The minimum atomic E-state index is -0.209. The van der Waals surface area contributed by atoms with E-state index in [1.807, 2.05) is 18.2 Å². The third-order valence-corrected chi connectivity index (χ3v) is 5.00. The van der Waals surface area contributed by atoms with Crippen molar-refractivity contribution in [1.29, 1.82) is 0 Å². The SMILES string of the molecule is COc1cccnc1N1CCN(C(=O)c2nn(C)c(=O)c3ccccc23)CC1. The second kappa shape index (κ2) is 7.30. The van der Waals surface area contributed by atoms with Gasteiger partial charge in [-0.1, -0.05) is 18.2 Å². The third-order valence-electron chi connectivity index (χ3n) is 5.00. The van der Waals surface area contributed by atoms with Gasteiger partial charge in [0.1, 0.15) is 0 Å². The van der Waals surface area contributed by atoms with Crippen LogP contribution in [0.25, 0.3) is 10.8 Å². The van der Waals surface area contributed by atoms with Gasteiger partial charge in [-0.2, -0.15) is 5.10 Å². The molecule has 8 nitrogen and oxygen atoms in total. The van der Waals surface area contributed by atoms with E-state index < -0.39 is 0 Å². The molecule has 28 heavy (non-hydrogen) atoms. The first-order valence-electron chi connectivity index (χ1n) is 9.09. The van der Waals surface area contributed by atoms with E-state index in [4.69, 9.17) is 4.74 Å². The normalized spacial score (nSPS) is 14.4. The molecule has 3 aromatic rings. The molecule has 8 heteroatoms. The number of carbonyl (C=O) groups is 1. The van der Waals surface area contributed by atoms with E-state index in [0.29, 0.717) is 48.4 Å². The van der Waals surface area contributed by atoms with Gasteiger partial charge in [0.25, 0.3) is 11.5 Å². The van der Waals surface area contributed by atoms with Crippen molar-refractivity contribution in [3.63, 3.8) is 0 Å². The average Bonchev–Trinajstić information content (AvgIpc) is 2.76. The van der Waals surface area contributed by atoms with Gasteiger partial charge in [0.15, 0.2) is 17.3 Å². The Hall–Kier alpha value is -3.42. The molecular formula is C20H21N5O3. The Morgan fingerprint density at radius 3 is 2.46 bits per heavy atom. The Morgan fingerprint density at radius 1 is 1.04 bits per heavy atom. The number of hydrogen-bond donors (Lipinski definition) is 0. The fourth-order valence-corrected chi connectivity index (χ4v) is 3.51. The first-order valence-corrected chi connectivity index (χ1v) is 9.09. The molecule has 3 heterocycles. The maximum absolute atomic E-state index is 13.1. The summed E-state index contributed by atoms with van der Waals surface area (Å²) in [6.45, 7) is 2.36. The number of nitrogens with zero attached hydrogens (tertiary/aromatic N) is 5. The van der Waals surface area contributed by atoms with E-state index in [1.54, 1.807) is 43.5 Å². The van der Waals surface area contributed by atoms with Gasteiger partial charge in [-0.25, -0.2) is 9.67 Å². The van der Waals surface area contributed by atoms with Crippen molar-refractivity contribution in [3.05, 3.63) is 58.6 Å². The van der Waals surface area contributed by atoms with Crippen LogP contribution in [0.4, 0.5) is 5.82 Å². The van der Waals surface area contributed by atoms with Crippen LogP contribution in [-0.4, -0.2) is 58.9 Å². The molecule has 0 saturated carbocycles. The number of benzene rings is 1. The highest BCUT2D eigenvalue weighted by molar-refractivity contribution is 6.04. The number of methoxy groups -OCH3 is 1. The minimum Gasteiger partial charge on any atom is -0.493 e. The van der Waals surface area contributed by atoms with E-state index in [9.17, 15) is 9.59 Å². The molecule has 0 aliphatic carbocycles. The van der Waals surface area contributed by atoms with Crippen molar-refractivity contribution >= 4 is 22.5 Å². The number of hydrogen-bond acceptors (Lipinski definition) is 6. The van der Waals surface area contributed by atoms with Crippen LogP contribution in [0.1, 0.15) is 10.5 Å². The molecule has 4 rings (SSSR count). The fourth-order valence-electron chi connectivity index (χ4n) is 3.51. The van der Waals surface area contributed by atoms with Crippen LogP contribution in [0, 0.1) is 0 Å². The molecule has 1 aliphatic rings. The molecule has 1 amide bonds. The maximum atomic E-state index is 13.1. The molecule has 0 bridgehead atoms. The summed E-state index contributed by atoms with van der Waals surface area (Å²) < 4.78 is 6.61. The maximum Gasteiger partial charge on any atom is 0.275 e. The minimum absolute atomic E-state index is 0.167. The first-order chi connectivity index (χ1) is 13.6. The number of amides is 1. The number of ether oxygens (including phenoxy) is 1. The van der Waals surface area contributed by atoms with Gasteiger partial charge in [0.05, 0.1) is 12.5 Å².